The van der Waals surface area contributed by atoms with Gasteiger partial charge in [0.25, 0.3) is 0 Å². The molecule has 0 spiro atoms. The maximum atomic E-state index is 6.07. The van der Waals surface area contributed by atoms with Crippen LogP contribution in [0.1, 0.15) is 37.4 Å². The van der Waals surface area contributed by atoms with Crippen molar-refractivity contribution in [3.63, 3.8) is 0 Å². The van der Waals surface area contributed by atoms with E-state index in [0.29, 0.717) is 0 Å². The van der Waals surface area contributed by atoms with Crippen LogP contribution >= 0.6 is 0 Å². The third-order valence-electron chi connectivity index (χ3n) is 3.57. The van der Waals surface area contributed by atoms with E-state index in [0.717, 1.165) is 25.1 Å². The SMILES string of the molecule is c1ccc(C(CNC2CC2)OCC2CC2)cc1. The quantitative estimate of drug-likeness (QED) is 0.779. The average Bonchev–Trinajstić information content (AvgIpc) is 3.25. The first-order chi connectivity index (χ1) is 8.42. The van der Waals surface area contributed by atoms with E-state index in [1.54, 1.807) is 0 Å². The monoisotopic (exact) mass is 231 g/mol. The third kappa shape index (κ3) is 3.55. The first kappa shape index (κ1) is 11.2. The number of hydrogen-bond acceptors (Lipinski definition) is 2. The molecule has 2 aliphatic rings. The van der Waals surface area contributed by atoms with Crippen molar-refractivity contribution >= 4 is 0 Å². The smallest absolute Gasteiger partial charge is 0.0949 e. The molecule has 17 heavy (non-hydrogen) atoms. The lowest BCUT2D eigenvalue weighted by Gasteiger charge is -2.19. The fourth-order valence-corrected chi connectivity index (χ4v) is 2.04. The number of benzene rings is 1. The number of nitrogens with one attached hydrogen (secondary N) is 1. The minimum absolute atomic E-state index is 0.234. The van der Waals surface area contributed by atoms with Crippen LogP contribution in [0.4, 0.5) is 0 Å². The van der Waals surface area contributed by atoms with E-state index in [-0.39, 0.29) is 6.10 Å². The van der Waals surface area contributed by atoms with Gasteiger partial charge in [0.1, 0.15) is 0 Å². The normalized spacial score (nSPS) is 21.4. The summed E-state index contributed by atoms with van der Waals surface area (Å²) in [6.45, 7) is 1.90. The fraction of sp³-hybridized carbons (Fsp3) is 0.600. The highest BCUT2D eigenvalue weighted by Crippen LogP contribution is 2.31. The van der Waals surface area contributed by atoms with Gasteiger partial charge in [0.2, 0.25) is 0 Å². The molecule has 2 aliphatic carbocycles. The second kappa shape index (κ2) is 5.19. The van der Waals surface area contributed by atoms with E-state index >= 15 is 0 Å². The molecule has 0 aromatic heterocycles. The van der Waals surface area contributed by atoms with E-state index in [2.05, 4.69) is 35.6 Å². The molecule has 0 bridgehead atoms. The van der Waals surface area contributed by atoms with Crippen LogP contribution < -0.4 is 5.32 Å². The molecule has 0 amide bonds. The molecule has 0 radical (unpaired) electrons. The van der Waals surface area contributed by atoms with Gasteiger partial charge in [-0.15, -0.1) is 0 Å². The lowest BCUT2D eigenvalue weighted by Crippen LogP contribution is -2.25. The Bertz CT molecular complexity index is 327. The van der Waals surface area contributed by atoms with E-state index in [4.69, 9.17) is 4.74 Å². The van der Waals surface area contributed by atoms with Gasteiger partial charge in [0.05, 0.1) is 12.7 Å². The van der Waals surface area contributed by atoms with Crippen molar-refractivity contribution < 1.29 is 4.74 Å². The molecule has 2 nitrogen and oxygen atoms in total. The molecule has 3 rings (SSSR count). The van der Waals surface area contributed by atoms with Gasteiger partial charge < -0.3 is 10.1 Å². The average molecular weight is 231 g/mol. The highest BCUT2D eigenvalue weighted by molar-refractivity contribution is 5.18. The third-order valence-corrected chi connectivity index (χ3v) is 3.57. The summed E-state index contributed by atoms with van der Waals surface area (Å²) in [5, 5.41) is 3.57. The lowest BCUT2D eigenvalue weighted by molar-refractivity contribution is 0.0450. The summed E-state index contributed by atoms with van der Waals surface area (Å²) in [5.74, 6) is 0.835. The van der Waals surface area contributed by atoms with Crippen LogP contribution in [0.15, 0.2) is 30.3 Å². The molecule has 0 heterocycles. The second-order valence-electron chi connectivity index (χ2n) is 5.36. The van der Waals surface area contributed by atoms with Crippen molar-refractivity contribution in [3.05, 3.63) is 35.9 Å². The van der Waals surface area contributed by atoms with Crippen LogP contribution in [-0.2, 0) is 4.74 Å². The number of rotatable bonds is 7. The van der Waals surface area contributed by atoms with E-state index in [1.165, 1.54) is 31.2 Å². The molecule has 1 aromatic rings. The Hall–Kier alpha value is -0.860. The highest BCUT2D eigenvalue weighted by atomic mass is 16.5. The summed E-state index contributed by atoms with van der Waals surface area (Å²) in [6.07, 6.45) is 5.63. The van der Waals surface area contributed by atoms with Crippen molar-refractivity contribution in [2.24, 2.45) is 5.92 Å². The lowest BCUT2D eigenvalue weighted by atomic mass is 10.1. The van der Waals surface area contributed by atoms with Crippen LogP contribution in [0.2, 0.25) is 0 Å². The van der Waals surface area contributed by atoms with E-state index < -0.39 is 0 Å². The molecule has 1 unspecified atom stereocenters. The van der Waals surface area contributed by atoms with Crippen molar-refractivity contribution in [1.82, 2.24) is 5.32 Å². The zero-order valence-electron chi connectivity index (χ0n) is 10.3. The van der Waals surface area contributed by atoms with Crippen LogP contribution in [0.3, 0.4) is 0 Å². The summed E-state index contributed by atoms with van der Waals surface area (Å²) < 4.78 is 6.07. The molecule has 2 fully saturated rings. The Morgan fingerprint density at radius 3 is 2.53 bits per heavy atom. The van der Waals surface area contributed by atoms with E-state index in [9.17, 15) is 0 Å². The van der Waals surface area contributed by atoms with Crippen molar-refractivity contribution in [2.75, 3.05) is 13.2 Å². The largest absolute Gasteiger partial charge is 0.372 e. The predicted molar refractivity (Wildman–Crippen MR) is 68.9 cm³/mol. The van der Waals surface area contributed by atoms with Gasteiger partial charge in [0, 0.05) is 12.6 Å². The Morgan fingerprint density at radius 2 is 1.88 bits per heavy atom. The molecule has 1 N–H and O–H groups in total. The summed E-state index contributed by atoms with van der Waals surface area (Å²) >= 11 is 0. The summed E-state index contributed by atoms with van der Waals surface area (Å²) in [5.41, 5.74) is 1.31. The fourth-order valence-electron chi connectivity index (χ4n) is 2.04. The first-order valence-corrected chi connectivity index (χ1v) is 6.82. The molecule has 1 aromatic carbocycles. The van der Waals surface area contributed by atoms with Gasteiger partial charge in [-0.05, 0) is 37.2 Å². The standard InChI is InChI=1S/C15H21NO/c1-2-4-13(5-3-1)15(10-16-14-8-9-14)17-11-12-6-7-12/h1-5,12,14-16H,6-11H2. The first-order valence-electron chi connectivity index (χ1n) is 6.82. The zero-order valence-corrected chi connectivity index (χ0v) is 10.3. The van der Waals surface area contributed by atoms with Gasteiger partial charge in [-0.1, -0.05) is 30.3 Å². The van der Waals surface area contributed by atoms with E-state index in [1.807, 2.05) is 0 Å². The van der Waals surface area contributed by atoms with Gasteiger partial charge >= 0.3 is 0 Å². The Morgan fingerprint density at radius 1 is 1.12 bits per heavy atom. The molecule has 92 valence electrons. The topological polar surface area (TPSA) is 21.3 Å². The van der Waals surface area contributed by atoms with Gasteiger partial charge in [0.15, 0.2) is 0 Å². The van der Waals surface area contributed by atoms with Crippen LogP contribution in [-0.4, -0.2) is 19.2 Å². The second-order valence-corrected chi connectivity index (χ2v) is 5.36. The van der Waals surface area contributed by atoms with Crippen molar-refractivity contribution in [3.8, 4) is 0 Å². The molecular weight excluding hydrogens is 210 g/mol. The zero-order chi connectivity index (χ0) is 11.5. The minimum atomic E-state index is 0.234. The molecule has 2 saturated carbocycles. The Kier molecular flexibility index (Phi) is 3.44. The molecule has 2 heteroatoms. The van der Waals surface area contributed by atoms with Crippen molar-refractivity contribution in [1.29, 1.82) is 0 Å². The number of ether oxygens (including phenoxy) is 1. The summed E-state index contributed by atoms with van der Waals surface area (Å²) in [4.78, 5) is 0. The van der Waals surface area contributed by atoms with Gasteiger partial charge in [-0.25, -0.2) is 0 Å². The maximum absolute atomic E-state index is 6.07. The summed E-state index contributed by atoms with van der Waals surface area (Å²) in [6, 6.07) is 11.4. The number of hydrogen-bond donors (Lipinski definition) is 1. The van der Waals surface area contributed by atoms with Crippen molar-refractivity contribution in [2.45, 2.75) is 37.8 Å². The Labute approximate surface area is 103 Å². The minimum Gasteiger partial charge on any atom is -0.372 e. The molecule has 0 saturated heterocycles. The highest BCUT2D eigenvalue weighted by Gasteiger charge is 2.25. The molecule has 1 atom stereocenters. The maximum Gasteiger partial charge on any atom is 0.0949 e. The Balaban J connectivity index is 1.56. The van der Waals surface area contributed by atoms with Crippen LogP contribution in [0, 0.1) is 5.92 Å². The van der Waals surface area contributed by atoms with Crippen LogP contribution in [0.5, 0.6) is 0 Å². The van der Waals surface area contributed by atoms with Gasteiger partial charge in [-0.2, -0.15) is 0 Å². The predicted octanol–water partition coefficient (Wildman–Crippen LogP) is 2.91. The molecular formula is C15H21NO. The summed E-state index contributed by atoms with van der Waals surface area (Å²) in [7, 11) is 0. The van der Waals surface area contributed by atoms with Crippen LogP contribution in [0.25, 0.3) is 0 Å². The molecule has 0 aliphatic heterocycles. The van der Waals surface area contributed by atoms with Gasteiger partial charge in [-0.3, -0.25) is 0 Å².